The maximum absolute atomic E-state index is 12.2. The number of nitrogen functional groups attached to an aromatic ring is 1. The zero-order chi connectivity index (χ0) is 21.8. The molecule has 3 N–H and O–H groups in total. The number of anilines is 1. The fraction of sp³-hybridized carbons (Fsp3) is 0.0952. The van der Waals surface area contributed by atoms with Gasteiger partial charge in [0.1, 0.15) is 35.7 Å². The Morgan fingerprint density at radius 1 is 1.20 bits per heavy atom. The van der Waals surface area contributed by atoms with Crippen molar-refractivity contribution >= 4 is 33.3 Å². The molecule has 30 heavy (non-hydrogen) atoms. The van der Waals surface area contributed by atoms with E-state index in [4.69, 9.17) is 26.8 Å². The van der Waals surface area contributed by atoms with Gasteiger partial charge in [-0.05, 0) is 39.7 Å². The minimum absolute atomic E-state index is 0.00941. The number of hydrogen-bond donors (Lipinski definition) is 2. The highest BCUT2D eigenvalue weighted by Crippen LogP contribution is 2.41. The van der Waals surface area contributed by atoms with Crippen molar-refractivity contribution in [1.29, 1.82) is 10.5 Å². The summed E-state index contributed by atoms with van der Waals surface area (Å²) in [6, 6.07) is 14.3. The molecule has 0 aliphatic rings. The Bertz CT molecular complexity index is 1270. The third kappa shape index (κ3) is 3.97. The van der Waals surface area contributed by atoms with E-state index >= 15 is 0 Å². The number of halogens is 2. The molecule has 3 rings (SSSR count). The highest BCUT2D eigenvalue weighted by Gasteiger charge is 2.21. The topological polar surface area (TPSA) is 125 Å². The average Bonchev–Trinajstić information content (AvgIpc) is 2.73. The predicted octanol–water partition coefficient (Wildman–Crippen LogP) is 4.37. The first-order valence-corrected chi connectivity index (χ1v) is 9.68. The monoisotopic (exact) mass is 484 g/mol. The van der Waals surface area contributed by atoms with Crippen LogP contribution in [0, 0.1) is 22.7 Å². The van der Waals surface area contributed by atoms with E-state index in [1.165, 1.54) is 7.11 Å². The number of nitrogens with zero attached hydrogens (tertiary/aromatic N) is 2. The molecule has 2 aromatic carbocycles. The second-order valence-electron chi connectivity index (χ2n) is 6.09. The van der Waals surface area contributed by atoms with Gasteiger partial charge in [-0.15, -0.1) is 0 Å². The Morgan fingerprint density at radius 3 is 2.53 bits per heavy atom. The van der Waals surface area contributed by atoms with Crippen LogP contribution in [-0.2, 0) is 6.61 Å². The molecular weight excluding hydrogens is 472 g/mol. The van der Waals surface area contributed by atoms with Gasteiger partial charge in [0.15, 0.2) is 11.5 Å². The highest BCUT2D eigenvalue weighted by atomic mass is 79.9. The molecule has 0 saturated heterocycles. The Hall–Kier alpha value is -3.46. The van der Waals surface area contributed by atoms with Gasteiger partial charge in [-0.25, -0.2) is 0 Å². The van der Waals surface area contributed by atoms with E-state index in [0.29, 0.717) is 26.6 Å². The van der Waals surface area contributed by atoms with Gasteiger partial charge in [0.05, 0.1) is 11.6 Å². The summed E-state index contributed by atoms with van der Waals surface area (Å²) in [5, 5.41) is 19.5. The quantitative estimate of drug-likeness (QED) is 0.553. The average molecular weight is 486 g/mol. The van der Waals surface area contributed by atoms with Crippen molar-refractivity contribution in [2.45, 2.75) is 6.61 Å². The molecule has 0 radical (unpaired) electrons. The zero-order valence-corrected chi connectivity index (χ0v) is 18.0. The van der Waals surface area contributed by atoms with E-state index in [0.717, 1.165) is 5.56 Å². The molecule has 0 spiro atoms. The number of aromatic nitrogens is 1. The van der Waals surface area contributed by atoms with Crippen LogP contribution in [0.15, 0.2) is 45.7 Å². The summed E-state index contributed by atoms with van der Waals surface area (Å²) in [7, 11) is 1.45. The molecule has 0 amide bonds. The van der Waals surface area contributed by atoms with Crippen LogP contribution in [0.25, 0.3) is 11.1 Å². The number of nitriles is 2. The lowest BCUT2D eigenvalue weighted by Gasteiger charge is -2.16. The SMILES string of the molecule is COc1cc(-c2c(C#N)c(N)[nH]c(=O)c2C#N)cc(Br)c1OCc1ccccc1Cl. The number of rotatable bonds is 5. The number of aromatic amines is 1. The van der Waals surface area contributed by atoms with Gasteiger partial charge in [0, 0.05) is 16.1 Å². The Kier molecular flexibility index (Phi) is 6.31. The van der Waals surface area contributed by atoms with E-state index in [1.54, 1.807) is 18.2 Å². The van der Waals surface area contributed by atoms with Gasteiger partial charge in [-0.3, -0.25) is 4.79 Å². The molecule has 0 unspecified atom stereocenters. The number of pyridine rings is 1. The fourth-order valence-corrected chi connectivity index (χ4v) is 3.65. The number of nitrogens with two attached hydrogens (primary N) is 1. The summed E-state index contributed by atoms with van der Waals surface area (Å²) in [5.41, 5.74) is 6.19. The van der Waals surface area contributed by atoms with Crippen LogP contribution in [0.1, 0.15) is 16.7 Å². The molecule has 0 aliphatic heterocycles. The van der Waals surface area contributed by atoms with Crippen molar-refractivity contribution in [2.75, 3.05) is 12.8 Å². The van der Waals surface area contributed by atoms with Crippen molar-refractivity contribution in [3.63, 3.8) is 0 Å². The van der Waals surface area contributed by atoms with Gasteiger partial charge in [-0.2, -0.15) is 10.5 Å². The number of nitrogens with one attached hydrogen (secondary N) is 1. The second-order valence-corrected chi connectivity index (χ2v) is 7.35. The molecule has 0 bridgehead atoms. The Labute approximate surface area is 185 Å². The minimum Gasteiger partial charge on any atom is -0.493 e. The Morgan fingerprint density at radius 2 is 1.90 bits per heavy atom. The second kappa shape index (κ2) is 8.91. The molecule has 0 fully saturated rings. The first-order valence-electron chi connectivity index (χ1n) is 8.51. The summed E-state index contributed by atoms with van der Waals surface area (Å²) in [6.45, 7) is 0.193. The lowest BCUT2D eigenvalue weighted by molar-refractivity contribution is 0.283. The van der Waals surface area contributed by atoms with Crippen LogP contribution >= 0.6 is 27.5 Å². The van der Waals surface area contributed by atoms with E-state index in [-0.39, 0.29) is 29.1 Å². The zero-order valence-electron chi connectivity index (χ0n) is 15.6. The van der Waals surface area contributed by atoms with E-state index < -0.39 is 5.56 Å². The minimum atomic E-state index is -0.682. The first kappa shape index (κ1) is 21.3. The summed E-state index contributed by atoms with van der Waals surface area (Å²) in [5.74, 6) is 0.611. The van der Waals surface area contributed by atoms with Crippen LogP contribution in [0.3, 0.4) is 0 Å². The largest absolute Gasteiger partial charge is 0.493 e. The standard InChI is InChI=1S/C21H14BrClN4O3/c1-29-17-7-12(18-13(8-24)20(26)27-21(28)14(18)9-25)6-15(22)19(17)30-10-11-4-2-3-5-16(11)23/h2-7H,10H2,1H3,(H3,26,27,28). The smallest absolute Gasteiger partial charge is 0.268 e. The third-order valence-electron chi connectivity index (χ3n) is 4.32. The number of H-pyrrole nitrogens is 1. The number of methoxy groups -OCH3 is 1. The number of hydrogen-bond acceptors (Lipinski definition) is 6. The lowest BCUT2D eigenvalue weighted by Crippen LogP contribution is -2.16. The Balaban J connectivity index is 2.12. The summed E-state index contributed by atoms with van der Waals surface area (Å²) >= 11 is 9.61. The van der Waals surface area contributed by atoms with Gasteiger partial charge in [-0.1, -0.05) is 29.8 Å². The molecular formula is C21H14BrClN4O3. The molecule has 7 nitrogen and oxygen atoms in total. The van der Waals surface area contributed by atoms with Gasteiger partial charge in [0.25, 0.3) is 5.56 Å². The number of ether oxygens (including phenoxy) is 2. The molecule has 0 atom stereocenters. The maximum Gasteiger partial charge on any atom is 0.268 e. The van der Waals surface area contributed by atoms with Crippen LogP contribution in [0.4, 0.5) is 5.82 Å². The molecule has 150 valence electrons. The maximum atomic E-state index is 12.2. The van der Waals surface area contributed by atoms with E-state index in [1.807, 2.05) is 30.3 Å². The van der Waals surface area contributed by atoms with Crippen molar-refractivity contribution in [3.05, 3.63) is 72.9 Å². The molecule has 0 aliphatic carbocycles. The molecule has 1 aromatic heterocycles. The van der Waals surface area contributed by atoms with Crippen molar-refractivity contribution in [3.8, 4) is 34.8 Å². The van der Waals surface area contributed by atoms with Crippen LogP contribution in [0.5, 0.6) is 11.5 Å². The molecule has 3 aromatic rings. The fourth-order valence-electron chi connectivity index (χ4n) is 2.90. The molecule has 1 heterocycles. The predicted molar refractivity (Wildman–Crippen MR) is 116 cm³/mol. The summed E-state index contributed by atoms with van der Waals surface area (Å²) in [4.78, 5) is 14.5. The van der Waals surface area contributed by atoms with Crippen LogP contribution in [0.2, 0.25) is 5.02 Å². The van der Waals surface area contributed by atoms with Gasteiger partial charge >= 0.3 is 0 Å². The number of benzene rings is 2. The molecule has 0 saturated carbocycles. The van der Waals surface area contributed by atoms with Gasteiger partial charge < -0.3 is 20.2 Å². The normalized spacial score (nSPS) is 10.2. The van der Waals surface area contributed by atoms with E-state index in [9.17, 15) is 15.3 Å². The van der Waals surface area contributed by atoms with Crippen LogP contribution in [-0.4, -0.2) is 12.1 Å². The van der Waals surface area contributed by atoms with Crippen molar-refractivity contribution < 1.29 is 9.47 Å². The van der Waals surface area contributed by atoms with Crippen LogP contribution < -0.4 is 20.8 Å². The molecule has 9 heteroatoms. The summed E-state index contributed by atoms with van der Waals surface area (Å²) < 4.78 is 11.8. The summed E-state index contributed by atoms with van der Waals surface area (Å²) in [6.07, 6.45) is 0. The van der Waals surface area contributed by atoms with Gasteiger partial charge in [0.2, 0.25) is 0 Å². The highest BCUT2D eigenvalue weighted by molar-refractivity contribution is 9.10. The lowest BCUT2D eigenvalue weighted by atomic mass is 9.96. The first-order chi connectivity index (χ1) is 14.4. The van der Waals surface area contributed by atoms with Crippen molar-refractivity contribution in [1.82, 2.24) is 4.98 Å². The van der Waals surface area contributed by atoms with E-state index in [2.05, 4.69) is 20.9 Å². The third-order valence-corrected chi connectivity index (χ3v) is 5.27. The van der Waals surface area contributed by atoms with Crippen molar-refractivity contribution in [2.24, 2.45) is 0 Å².